The molecule has 0 aliphatic carbocycles. The first kappa shape index (κ1) is 54.5. The normalized spacial score (nSPS) is 12.0. The van der Waals surface area contributed by atoms with Crippen LogP contribution in [0.5, 0.6) is 0 Å². The number of aliphatic hydroxyl groups excluding tert-OH is 8. The number of benzene rings is 2. The summed E-state index contributed by atoms with van der Waals surface area (Å²) in [6.07, 6.45) is -3.59. The lowest BCUT2D eigenvalue weighted by Crippen LogP contribution is -2.43. The average Bonchev–Trinajstić information content (AvgIpc) is 3.19. The Morgan fingerprint density at radius 2 is 0.746 bits per heavy atom. The third-order valence-corrected chi connectivity index (χ3v) is 14.2. The van der Waals surface area contributed by atoms with Gasteiger partial charge in [-0.1, -0.05) is 0 Å². The van der Waals surface area contributed by atoms with Crippen molar-refractivity contribution in [1.82, 2.24) is 21.3 Å². The lowest BCUT2D eigenvalue weighted by atomic mass is 10.1. The van der Waals surface area contributed by atoms with Gasteiger partial charge < -0.3 is 71.9 Å². The van der Waals surface area contributed by atoms with Crippen molar-refractivity contribution in [2.45, 2.75) is 18.6 Å². The molecule has 0 aliphatic rings. The second-order valence-corrected chi connectivity index (χ2v) is 18.3. The summed E-state index contributed by atoms with van der Waals surface area (Å²) in [5.41, 5.74) is -0.480. The molecular formula is C33H40I6N6O14. The zero-order chi connectivity index (χ0) is 44.7. The van der Waals surface area contributed by atoms with Crippen LogP contribution in [0.2, 0.25) is 0 Å². The number of hydrogen-bond acceptors (Lipinski definition) is 14. The molecule has 0 fully saturated rings. The van der Waals surface area contributed by atoms with Crippen LogP contribution in [0.4, 0.5) is 11.4 Å². The van der Waals surface area contributed by atoms with E-state index in [1.807, 2.05) is 0 Å². The highest BCUT2D eigenvalue weighted by Crippen LogP contribution is 2.40. The molecule has 0 aromatic heterocycles. The molecule has 0 saturated carbocycles. The molecule has 2 unspecified atom stereocenters. The first-order valence-corrected chi connectivity index (χ1v) is 23.5. The number of anilines is 2. The lowest BCUT2D eigenvalue weighted by Gasteiger charge is -2.30. The smallest absolute Gasteiger partial charge is 0.253 e. The first-order chi connectivity index (χ1) is 27.9. The van der Waals surface area contributed by atoms with Crippen molar-refractivity contribution < 1.29 is 69.6 Å². The Hall–Kier alpha value is -0.680. The zero-order valence-corrected chi connectivity index (χ0v) is 43.5. The van der Waals surface area contributed by atoms with Crippen molar-refractivity contribution in [2.75, 3.05) is 88.7 Å². The summed E-state index contributed by atoms with van der Waals surface area (Å²) in [5.74, 6) is -4.95. The lowest BCUT2D eigenvalue weighted by molar-refractivity contribution is -0.126. The van der Waals surface area contributed by atoms with Crippen LogP contribution in [0.15, 0.2) is 0 Å². The molecule has 2 aromatic rings. The molecule has 20 nitrogen and oxygen atoms in total. The highest BCUT2D eigenvalue weighted by Gasteiger charge is 2.36. The Morgan fingerprint density at radius 3 is 1.00 bits per heavy atom. The summed E-state index contributed by atoms with van der Waals surface area (Å²) in [4.78, 5) is 84.7. The molecule has 328 valence electrons. The summed E-state index contributed by atoms with van der Waals surface area (Å²) in [6.45, 7) is -5.46. The molecule has 59 heavy (non-hydrogen) atoms. The maximum absolute atomic E-state index is 14.3. The molecule has 12 N–H and O–H groups in total. The molecule has 0 radical (unpaired) electrons. The molecule has 6 amide bonds. The van der Waals surface area contributed by atoms with E-state index in [4.69, 9.17) is 0 Å². The van der Waals surface area contributed by atoms with Crippen molar-refractivity contribution in [1.29, 1.82) is 0 Å². The van der Waals surface area contributed by atoms with Crippen LogP contribution in [0.25, 0.3) is 0 Å². The summed E-state index contributed by atoms with van der Waals surface area (Å²) in [6, 6.07) is 0. The first-order valence-electron chi connectivity index (χ1n) is 17.1. The van der Waals surface area contributed by atoms with E-state index in [1.165, 1.54) is 0 Å². The minimum absolute atomic E-state index is 0.0422. The predicted molar refractivity (Wildman–Crippen MR) is 262 cm³/mol. The molecule has 2 atom stereocenters. The van der Waals surface area contributed by atoms with Gasteiger partial charge in [-0.2, -0.15) is 0 Å². The highest BCUT2D eigenvalue weighted by molar-refractivity contribution is 14.1. The molecule has 26 heteroatoms. The Morgan fingerprint density at radius 1 is 0.458 bits per heavy atom. The number of carbonyl (C=O) groups excluding carboxylic acids is 6. The molecular weight excluding hydrogens is 1470 g/mol. The van der Waals surface area contributed by atoms with Gasteiger partial charge in [-0.3, -0.25) is 28.8 Å². The topological polar surface area (TPSA) is 319 Å². The van der Waals surface area contributed by atoms with E-state index in [0.717, 1.165) is 9.80 Å². The zero-order valence-electron chi connectivity index (χ0n) is 30.5. The minimum Gasteiger partial charge on any atom is -0.395 e. The van der Waals surface area contributed by atoms with Gasteiger partial charge in [-0.15, -0.1) is 0 Å². The summed E-state index contributed by atoms with van der Waals surface area (Å²) in [7, 11) is 0. The van der Waals surface area contributed by atoms with Crippen LogP contribution < -0.4 is 31.1 Å². The molecule has 0 aliphatic heterocycles. The fraction of sp³-hybridized carbons (Fsp3) is 0.455. The van der Waals surface area contributed by atoms with Gasteiger partial charge in [-0.25, -0.2) is 0 Å². The Labute approximate surface area is 419 Å². The van der Waals surface area contributed by atoms with E-state index < -0.39 is 107 Å². The second kappa shape index (κ2) is 26.8. The van der Waals surface area contributed by atoms with Crippen molar-refractivity contribution in [2.24, 2.45) is 0 Å². The molecule has 0 heterocycles. The number of amides is 6. The summed E-state index contributed by atoms with van der Waals surface area (Å²) < 4.78 is 0.718. The summed E-state index contributed by atoms with van der Waals surface area (Å²) in [5, 5.41) is 87.3. The Balaban J connectivity index is 2.86. The average molecular weight is 1510 g/mol. The van der Waals surface area contributed by atoms with Gasteiger partial charge in [0.1, 0.15) is 6.42 Å². The van der Waals surface area contributed by atoms with Crippen molar-refractivity contribution in [3.63, 3.8) is 0 Å². The van der Waals surface area contributed by atoms with Crippen LogP contribution in [0.3, 0.4) is 0 Å². The number of nitrogens with zero attached hydrogens (tertiary/aromatic N) is 2. The standard InChI is InChI=1S/C33H40I6N6O14/c34-22-18(30(56)40-1-5-46)24(36)28(26(38)20(22)32(58)42-10-14(52)12-50)44(3-7-48)16(54)9-17(55)45(4-8-49)29-25(37)19(31(57)41-2-6-47)23(35)21(27(29)39)33(59)43-11-15(53)13-51/h14-15,46-53H,1-13H2,(H,40,56)(H,41,57)(H,42,58)(H,43,59). The van der Waals surface area contributed by atoms with Crippen LogP contribution in [-0.2, 0) is 9.59 Å². The van der Waals surface area contributed by atoms with Crippen LogP contribution >= 0.6 is 136 Å². The van der Waals surface area contributed by atoms with E-state index in [9.17, 15) is 69.6 Å². The number of hydrogen-bond donors (Lipinski definition) is 12. The van der Waals surface area contributed by atoms with Gasteiger partial charge in [0.15, 0.2) is 0 Å². The third kappa shape index (κ3) is 14.2. The van der Waals surface area contributed by atoms with Gasteiger partial charge >= 0.3 is 0 Å². The second-order valence-electron chi connectivity index (χ2n) is 11.8. The minimum atomic E-state index is -1.32. The van der Waals surface area contributed by atoms with E-state index in [1.54, 1.807) is 136 Å². The van der Waals surface area contributed by atoms with Gasteiger partial charge in [0, 0.05) is 46.4 Å². The number of nitrogens with one attached hydrogen (secondary N) is 4. The third-order valence-electron chi connectivity index (χ3n) is 7.80. The van der Waals surface area contributed by atoms with Crippen LogP contribution in [-0.4, -0.2) is 167 Å². The van der Waals surface area contributed by atoms with Crippen molar-refractivity contribution in [3.8, 4) is 0 Å². The SMILES string of the molecule is O=C(NCCO)c1c(I)c(C(=O)NCC(O)CO)c(I)c(N(CCO)C(=O)CC(=O)N(CCO)c2c(I)c(C(=O)NCCO)c(I)c(C(=O)NCC(O)CO)c2I)c1I. The molecule has 2 rings (SSSR count). The molecule has 0 saturated heterocycles. The number of halogens is 6. The maximum Gasteiger partial charge on any atom is 0.253 e. The van der Waals surface area contributed by atoms with Gasteiger partial charge in [-0.05, 0) is 136 Å². The van der Waals surface area contributed by atoms with Crippen LogP contribution in [0, 0.1) is 21.4 Å². The number of aliphatic hydroxyl groups is 8. The van der Waals surface area contributed by atoms with Gasteiger partial charge in [0.25, 0.3) is 23.6 Å². The van der Waals surface area contributed by atoms with Crippen LogP contribution in [0.1, 0.15) is 47.9 Å². The quantitative estimate of drug-likeness (QED) is 0.0481. The highest BCUT2D eigenvalue weighted by atomic mass is 127. The monoisotopic (exact) mass is 1510 g/mol. The number of carbonyl (C=O) groups is 6. The van der Waals surface area contributed by atoms with E-state index in [-0.39, 0.29) is 81.2 Å². The van der Waals surface area contributed by atoms with Gasteiger partial charge in [0.05, 0.1) is 99.8 Å². The summed E-state index contributed by atoms with van der Waals surface area (Å²) >= 11 is 10.6. The largest absolute Gasteiger partial charge is 0.395 e. The molecule has 0 spiro atoms. The van der Waals surface area contributed by atoms with Gasteiger partial charge in [0.2, 0.25) is 11.8 Å². The van der Waals surface area contributed by atoms with E-state index in [2.05, 4.69) is 21.3 Å². The van der Waals surface area contributed by atoms with Crippen molar-refractivity contribution >= 4 is 182 Å². The fourth-order valence-electron chi connectivity index (χ4n) is 5.06. The molecule has 2 aromatic carbocycles. The Kier molecular flexibility index (Phi) is 24.8. The van der Waals surface area contributed by atoms with E-state index >= 15 is 0 Å². The maximum atomic E-state index is 14.3. The predicted octanol–water partition coefficient (Wildman–Crippen LogP) is -1.33. The fourth-order valence-corrected chi connectivity index (χ4v) is 14.5. The number of rotatable bonds is 22. The molecule has 0 bridgehead atoms. The van der Waals surface area contributed by atoms with Crippen molar-refractivity contribution in [3.05, 3.63) is 43.7 Å². The Bertz CT molecular complexity index is 1760. The van der Waals surface area contributed by atoms with E-state index in [0.29, 0.717) is 0 Å².